The molecular formula is C22H31NO3. The molecule has 0 aromatic carbocycles. The monoisotopic (exact) mass is 357 g/mol. The van der Waals surface area contributed by atoms with E-state index in [4.69, 9.17) is 0 Å². The van der Waals surface area contributed by atoms with E-state index >= 15 is 0 Å². The third kappa shape index (κ3) is 1.33. The second-order valence-corrected chi connectivity index (χ2v) is 10.7. The van der Waals surface area contributed by atoms with Crippen LogP contribution in [0.2, 0.25) is 0 Å². The van der Waals surface area contributed by atoms with Crippen LogP contribution in [0.1, 0.15) is 46.0 Å². The van der Waals surface area contributed by atoms with Gasteiger partial charge >= 0.3 is 0 Å². The van der Waals surface area contributed by atoms with Crippen LogP contribution in [0.5, 0.6) is 0 Å². The Balaban J connectivity index is 1.62. The number of aliphatic hydroxyl groups is 2. The van der Waals surface area contributed by atoms with E-state index in [0.717, 1.165) is 44.3 Å². The Labute approximate surface area is 155 Å². The van der Waals surface area contributed by atoms with Crippen molar-refractivity contribution in [2.75, 3.05) is 13.1 Å². The predicted molar refractivity (Wildman–Crippen MR) is 97.2 cm³/mol. The molecule has 1 heterocycles. The van der Waals surface area contributed by atoms with Crippen molar-refractivity contribution in [3.05, 3.63) is 12.2 Å². The minimum atomic E-state index is -0.561. The Morgan fingerprint density at radius 3 is 2.81 bits per heavy atom. The average molecular weight is 357 g/mol. The van der Waals surface area contributed by atoms with Crippen LogP contribution in [-0.4, -0.2) is 52.2 Å². The van der Waals surface area contributed by atoms with Crippen molar-refractivity contribution in [1.82, 2.24) is 4.90 Å². The number of fused-ring (bicyclic) bond motifs is 1. The van der Waals surface area contributed by atoms with E-state index in [1.54, 1.807) is 0 Å². The number of hydrogen-bond donors (Lipinski definition) is 2. The van der Waals surface area contributed by atoms with Crippen LogP contribution in [-0.2, 0) is 4.79 Å². The van der Waals surface area contributed by atoms with E-state index in [2.05, 4.69) is 25.3 Å². The van der Waals surface area contributed by atoms with E-state index < -0.39 is 6.10 Å². The summed E-state index contributed by atoms with van der Waals surface area (Å²) in [5, 5.41) is 22.8. The second-order valence-electron chi connectivity index (χ2n) is 10.7. The topological polar surface area (TPSA) is 60.8 Å². The highest BCUT2D eigenvalue weighted by atomic mass is 16.3. The first-order chi connectivity index (χ1) is 12.3. The van der Waals surface area contributed by atoms with Crippen molar-refractivity contribution in [3.8, 4) is 0 Å². The van der Waals surface area contributed by atoms with E-state index in [-0.39, 0.29) is 40.0 Å². The molecule has 1 aliphatic heterocycles. The highest BCUT2D eigenvalue weighted by Gasteiger charge is 2.85. The summed E-state index contributed by atoms with van der Waals surface area (Å²) in [7, 11) is 0. The quantitative estimate of drug-likeness (QED) is 0.705. The Morgan fingerprint density at radius 1 is 1.31 bits per heavy atom. The van der Waals surface area contributed by atoms with Crippen LogP contribution in [0.25, 0.3) is 0 Å². The molecule has 6 fully saturated rings. The van der Waals surface area contributed by atoms with Gasteiger partial charge in [0.25, 0.3) is 0 Å². The molecule has 4 heteroatoms. The molecule has 7 bridgehead atoms. The molecule has 0 aromatic rings. The van der Waals surface area contributed by atoms with Crippen LogP contribution in [0.3, 0.4) is 0 Å². The molecule has 142 valence electrons. The molecule has 1 saturated heterocycles. The van der Waals surface area contributed by atoms with E-state index in [0.29, 0.717) is 24.3 Å². The summed E-state index contributed by atoms with van der Waals surface area (Å²) in [6.45, 7) is 10.9. The van der Waals surface area contributed by atoms with Crippen LogP contribution in [0.4, 0.5) is 0 Å². The van der Waals surface area contributed by atoms with E-state index in [1.165, 1.54) is 0 Å². The summed E-state index contributed by atoms with van der Waals surface area (Å²) in [5.74, 6) is 1.16. The average Bonchev–Trinajstić information content (AvgIpc) is 3.14. The smallest absolute Gasteiger partial charge is 0.140 e. The number of likely N-dealkylation sites (tertiary alicyclic amines) is 1. The zero-order valence-corrected chi connectivity index (χ0v) is 15.9. The van der Waals surface area contributed by atoms with Gasteiger partial charge in [-0.25, -0.2) is 0 Å². The Kier molecular flexibility index (Phi) is 2.80. The molecule has 1 unspecified atom stereocenters. The third-order valence-corrected chi connectivity index (χ3v) is 10.4. The molecular weight excluding hydrogens is 326 g/mol. The molecule has 0 amide bonds. The molecule has 6 aliphatic rings. The molecule has 10 atom stereocenters. The van der Waals surface area contributed by atoms with Gasteiger partial charge in [-0.05, 0) is 61.0 Å². The lowest BCUT2D eigenvalue weighted by molar-refractivity contribution is -0.211. The first-order valence-electron chi connectivity index (χ1n) is 10.6. The molecule has 5 saturated carbocycles. The standard InChI is InChI=1S/C22H31NO3/c1-4-23-10-20(3)6-5-17(25)22-15(20)7-13(18(22)23)21-9-12(11(2)19(21)26)14(24)8-16(21)22/h12-13,15-19,25-26H,2,4-10H2,1,3H3/t12?,13-,15+,16+,17-,18+,19+,20+,21+,22+/m0/s1. The number of aliphatic hydroxyl groups excluding tert-OH is 2. The summed E-state index contributed by atoms with van der Waals surface area (Å²) in [6.07, 6.45) is 3.50. The minimum Gasteiger partial charge on any atom is -0.392 e. The van der Waals surface area contributed by atoms with Gasteiger partial charge in [-0.15, -0.1) is 0 Å². The van der Waals surface area contributed by atoms with Crippen LogP contribution >= 0.6 is 0 Å². The maximum absolute atomic E-state index is 13.0. The number of nitrogens with zero attached hydrogens (tertiary/aromatic N) is 1. The lowest BCUT2D eigenvalue weighted by Crippen LogP contribution is -2.68. The van der Waals surface area contributed by atoms with Crippen molar-refractivity contribution in [2.24, 2.45) is 39.9 Å². The van der Waals surface area contributed by atoms with Gasteiger partial charge in [-0.2, -0.15) is 0 Å². The van der Waals surface area contributed by atoms with Crippen molar-refractivity contribution in [1.29, 1.82) is 0 Å². The highest BCUT2D eigenvalue weighted by Crippen LogP contribution is 2.83. The highest BCUT2D eigenvalue weighted by molar-refractivity contribution is 5.87. The summed E-state index contributed by atoms with van der Waals surface area (Å²) in [6, 6.07) is 0.331. The number of Topliss-reactive ketones (excluding diaryl/α,β-unsaturated/α-hetero) is 1. The number of piperidine rings is 1. The third-order valence-electron chi connectivity index (χ3n) is 10.4. The number of carbonyl (C=O) groups is 1. The van der Waals surface area contributed by atoms with Crippen molar-refractivity contribution < 1.29 is 15.0 Å². The van der Waals surface area contributed by atoms with E-state index in [1.807, 2.05) is 0 Å². The maximum atomic E-state index is 13.0. The minimum absolute atomic E-state index is 0.130. The van der Waals surface area contributed by atoms with Crippen molar-refractivity contribution >= 4 is 5.78 Å². The van der Waals surface area contributed by atoms with E-state index in [9.17, 15) is 15.0 Å². The largest absolute Gasteiger partial charge is 0.392 e. The summed E-state index contributed by atoms with van der Waals surface area (Å²) >= 11 is 0. The van der Waals surface area contributed by atoms with Crippen LogP contribution in [0, 0.1) is 39.9 Å². The summed E-state index contributed by atoms with van der Waals surface area (Å²) < 4.78 is 0. The summed E-state index contributed by atoms with van der Waals surface area (Å²) in [5.41, 5.74) is 0.598. The molecule has 0 radical (unpaired) electrons. The van der Waals surface area contributed by atoms with Gasteiger partial charge in [0, 0.05) is 35.8 Å². The fraction of sp³-hybridized carbons (Fsp3) is 0.864. The van der Waals surface area contributed by atoms with Gasteiger partial charge in [-0.3, -0.25) is 9.69 Å². The zero-order chi connectivity index (χ0) is 18.2. The lowest BCUT2D eigenvalue weighted by atomic mass is 9.43. The van der Waals surface area contributed by atoms with Gasteiger partial charge in [0.1, 0.15) is 5.78 Å². The SMILES string of the molecule is C=C1C2C[C@]3([C@@H]1O)[C@@H](CC2=O)[C@@]12[C@@H]4C[C@H]3[C@H]1N(CC)C[C@@]4(C)CC[C@@H]2O. The Morgan fingerprint density at radius 2 is 2.08 bits per heavy atom. The van der Waals surface area contributed by atoms with Crippen molar-refractivity contribution in [3.63, 3.8) is 0 Å². The molecule has 4 nitrogen and oxygen atoms in total. The normalized spacial score (nSPS) is 62.7. The molecule has 6 rings (SSSR count). The number of ketones is 1. The lowest BCUT2D eigenvalue weighted by Gasteiger charge is -2.65. The van der Waals surface area contributed by atoms with Crippen LogP contribution in [0.15, 0.2) is 12.2 Å². The molecule has 2 N–H and O–H groups in total. The Hall–Kier alpha value is -0.710. The first kappa shape index (κ1) is 16.3. The predicted octanol–water partition coefficient (Wildman–Crippen LogP) is 2.00. The van der Waals surface area contributed by atoms with Gasteiger partial charge in [0.2, 0.25) is 0 Å². The van der Waals surface area contributed by atoms with Gasteiger partial charge in [-0.1, -0.05) is 20.4 Å². The number of hydrogen-bond acceptors (Lipinski definition) is 4. The fourth-order valence-corrected chi connectivity index (χ4v) is 9.75. The first-order valence-corrected chi connectivity index (χ1v) is 10.6. The molecule has 26 heavy (non-hydrogen) atoms. The zero-order valence-electron chi connectivity index (χ0n) is 15.9. The maximum Gasteiger partial charge on any atom is 0.140 e. The molecule has 5 aliphatic carbocycles. The molecule has 2 spiro atoms. The Bertz CT molecular complexity index is 735. The molecule has 0 aromatic heterocycles. The van der Waals surface area contributed by atoms with Crippen LogP contribution < -0.4 is 0 Å². The second kappa shape index (κ2) is 4.47. The van der Waals surface area contributed by atoms with Gasteiger partial charge in [0.15, 0.2) is 0 Å². The van der Waals surface area contributed by atoms with Gasteiger partial charge < -0.3 is 10.2 Å². The fourth-order valence-electron chi connectivity index (χ4n) is 9.75. The number of carbonyl (C=O) groups excluding carboxylic acids is 1. The van der Waals surface area contributed by atoms with Crippen molar-refractivity contribution in [2.45, 2.75) is 64.2 Å². The van der Waals surface area contributed by atoms with Gasteiger partial charge in [0.05, 0.1) is 12.2 Å². The summed E-state index contributed by atoms with van der Waals surface area (Å²) in [4.78, 5) is 15.6. The number of rotatable bonds is 1.